The number of rotatable bonds is 6. The Labute approximate surface area is 192 Å². The molecule has 1 unspecified atom stereocenters. The first-order valence-electron chi connectivity index (χ1n) is 10.3. The average molecular weight is 447 g/mol. The van der Waals surface area contributed by atoms with Gasteiger partial charge in [0.25, 0.3) is 0 Å². The first-order chi connectivity index (χ1) is 15.7. The molecule has 3 rings (SSSR count). The van der Waals surface area contributed by atoms with E-state index in [0.717, 1.165) is 16.8 Å². The Morgan fingerprint density at radius 3 is 2.76 bits per heavy atom. The summed E-state index contributed by atoms with van der Waals surface area (Å²) >= 11 is 0. The molecule has 0 aliphatic carbocycles. The molecule has 33 heavy (non-hydrogen) atoms. The van der Waals surface area contributed by atoms with Crippen LogP contribution in [0, 0.1) is 17.3 Å². The number of aliphatic hydroxyl groups is 1. The van der Waals surface area contributed by atoms with Crippen LogP contribution >= 0.6 is 0 Å². The van der Waals surface area contributed by atoms with Crippen molar-refractivity contribution in [1.29, 1.82) is 0 Å². The predicted molar refractivity (Wildman–Crippen MR) is 124 cm³/mol. The second-order valence-electron chi connectivity index (χ2n) is 8.34. The summed E-state index contributed by atoms with van der Waals surface area (Å²) in [5.74, 6) is 6.17. The number of hydrogen-bond acceptors (Lipinski definition) is 8. The fourth-order valence-electron chi connectivity index (χ4n) is 3.05. The molecule has 0 aliphatic rings. The van der Waals surface area contributed by atoms with Crippen LogP contribution in [0.2, 0.25) is 0 Å². The van der Waals surface area contributed by atoms with Crippen molar-refractivity contribution in [3.05, 3.63) is 60.2 Å². The van der Waals surface area contributed by atoms with Crippen molar-refractivity contribution in [1.82, 2.24) is 19.9 Å². The third kappa shape index (κ3) is 6.98. The molecule has 0 bridgehead atoms. The van der Waals surface area contributed by atoms with Gasteiger partial charge < -0.3 is 20.9 Å². The van der Waals surface area contributed by atoms with Gasteiger partial charge in [-0.15, -0.1) is 0 Å². The number of anilines is 2. The molecule has 4 N–H and O–H groups in total. The molecule has 1 aromatic carbocycles. The zero-order chi connectivity index (χ0) is 23.8. The topological polar surface area (TPSA) is 136 Å². The number of aromatic nitrogens is 4. The summed E-state index contributed by atoms with van der Waals surface area (Å²) < 4.78 is 5.33. The van der Waals surface area contributed by atoms with Gasteiger partial charge in [0.2, 0.25) is 5.95 Å². The van der Waals surface area contributed by atoms with Crippen LogP contribution in [0.25, 0.3) is 11.4 Å². The number of pyridine rings is 1. The molecule has 0 radical (unpaired) electrons. The first kappa shape index (κ1) is 23.6. The molecule has 0 saturated heterocycles. The molecular weight excluding hydrogens is 420 g/mol. The summed E-state index contributed by atoms with van der Waals surface area (Å²) in [6.45, 7) is 5.74. The summed E-state index contributed by atoms with van der Waals surface area (Å²) in [6, 6.07) is 11.2. The Balaban J connectivity index is 1.79. The number of carbonyl (C=O) groups is 1. The van der Waals surface area contributed by atoms with E-state index in [4.69, 9.17) is 15.6 Å². The normalized spacial score (nSPS) is 11.8. The van der Waals surface area contributed by atoms with Gasteiger partial charge in [-0.05, 0) is 41.2 Å². The lowest BCUT2D eigenvalue weighted by Gasteiger charge is -2.29. The molecule has 0 saturated carbocycles. The monoisotopic (exact) mass is 446 g/mol. The molecule has 2 heterocycles. The lowest BCUT2D eigenvalue weighted by molar-refractivity contribution is 0.0374. The Morgan fingerprint density at radius 2 is 2.03 bits per heavy atom. The highest BCUT2D eigenvalue weighted by molar-refractivity contribution is 5.65. The summed E-state index contributed by atoms with van der Waals surface area (Å²) in [6.07, 6.45) is 2.38. The van der Waals surface area contributed by atoms with Gasteiger partial charge in [0.15, 0.2) is 5.82 Å². The first-order valence-corrected chi connectivity index (χ1v) is 10.3. The smallest absolute Gasteiger partial charge is 0.404 e. The summed E-state index contributed by atoms with van der Waals surface area (Å²) in [7, 11) is 0. The van der Waals surface area contributed by atoms with E-state index in [1.807, 2.05) is 45.0 Å². The average Bonchev–Trinajstić information content (AvgIpc) is 2.77. The van der Waals surface area contributed by atoms with E-state index in [1.54, 1.807) is 18.3 Å². The highest BCUT2D eigenvalue weighted by Gasteiger charge is 2.28. The van der Waals surface area contributed by atoms with Gasteiger partial charge in [0.05, 0.1) is 0 Å². The molecule has 0 spiro atoms. The van der Waals surface area contributed by atoms with Crippen LogP contribution in [-0.4, -0.2) is 43.8 Å². The lowest BCUT2D eigenvalue weighted by Crippen LogP contribution is -2.35. The molecule has 0 fully saturated rings. The molecule has 3 aromatic rings. The van der Waals surface area contributed by atoms with E-state index in [-0.39, 0.29) is 18.1 Å². The largest absolute Gasteiger partial charge is 0.445 e. The highest BCUT2D eigenvalue weighted by atomic mass is 16.6. The van der Waals surface area contributed by atoms with Crippen molar-refractivity contribution in [2.75, 3.05) is 11.9 Å². The molecule has 1 amide bonds. The van der Waals surface area contributed by atoms with Gasteiger partial charge >= 0.3 is 6.09 Å². The molecule has 9 nitrogen and oxygen atoms in total. The Hall–Kier alpha value is -4.03. The summed E-state index contributed by atoms with van der Waals surface area (Å²) in [5.41, 5.74) is 7.96. The molecule has 170 valence electrons. The maximum atomic E-state index is 11.3. The van der Waals surface area contributed by atoms with Gasteiger partial charge in [0.1, 0.15) is 24.7 Å². The van der Waals surface area contributed by atoms with E-state index in [9.17, 15) is 4.79 Å². The zero-order valence-corrected chi connectivity index (χ0v) is 18.7. The van der Waals surface area contributed by atoms with Crippen LogP contribution in [0.3, 0.4) is 0 Å². The fraction of sp³-hybridized carbons (Fsp3) is 0.292. The standard InChI is InChI=1S/C24H26N6O3/c1-24(2,3)20(33-22(25)32)13-16-6-4-7-19(12-16)29-23-28-15-27-21(30-23)17-9-10-26-18(14-17)8-5-11-31/h4,6-7,9-10,12,14-15,20,31H,11,13H2,1-3H3,(H2,25,32)(H,27,28,29,30). The number of ether oxygens (including phenoxy) is 1. The van der Waals surface area contributed by atoms with Crippen molar-refractivity contribution in [2.24, 2.45) is 11.1 Å². The SMILES string of the molecule is CC(C)(C)C(Cc1cccc(Nc2ncnc(-c3ccnc(C#CCO)c3)n2)c1)OC(N)=O. The molecule has 2 aromatic heterocycles. The molecule has 1 atom stereocenters. The van der Waals surface area contributed by atoms with Crippen LogP contribution in [0.5, 0.6) is 0 Å². The summed E-state index contributed by atoms with van der Waals surface area (Å²) in [5, 5.41) is 12.1. The van der Waals surface area contributed by atoms with E-state index in [2.05, 4.69) is 37.1 Å². The second kappa shape index (κ2) is 10.5. The van der Waals surface area contributed by atoms with Crippen LogP contribution < -0.4 is 11.1 Å². The Bertz CT molecular complexity index is 1180. The minimum absolute atomic E-state index is 0.240. The Morgan fingerprint density at radius 1 is 1.21 bits per heavy atom. The Kier molecular flexibility index (Phi) is 7.53. The van der Waals surface area contributed by atoms with E-state index < -0.39 is 6.09 Å². The van der Waals surface area contributed by atoms with Crippen molar-refractivity contribution in [3.63, 3.8) is 0 Å². The van der Waals surface area contributed by atoms with E-state index in [0.29, 0.717) is 23.9 Å². The number of benzene rings is 1. The van der Waals surface area contributed by atoms with Crippen LogP contribution in [0.4, 0.5) is 16.4 Å². The van der Waals surface area contributed by atoms with Crippen molar-refractivity contribution >= 4 is 17.7 Å². The predicted octanol–water partition coefficient (Wildman–Crippen LogP) is 3.07. The number of hydrogen-bond donors (Lipinski definition) is 3. The van der Waals surface area contributed by atoms with Crippen molar-refractivity contribution in [2.45, 2.75) is 33.3 Å². The van der Waals surface area contributed by atoms with Crippen molar-refractivity contribution < 1.29 is 14.6 Å². The van der Waals surface area contributed by atoms with Gasteiger partial charge in [-0.3, -0.25) is 0 Å². The quantitative estimate of drug-likeness (QED) is 0.492. The molecule has 0 aliphatic heterocycles. The second-order valence-corrected chi connectivity index (χ2v) is 8.34. The fourth-order valence-corrected chi connectivity index (χ4v) is 3.05. The number of carbonyl (C=O) groups excluding carboxylic acids is 1. The number of nitrogens with one attached hydrogen (secondary N) is 1. The van der Waals surface area contributed by atoms with Crippen LogP contribution in [0.15, 0.2) is 48.9 Å². The maximum Gasteiger partial charge on any atom is 0.404 e. The maximum absolute atomic E-state index is 11.3. The van der Waals surface area contributed by atoms with Gasteiger partial charge in [-0.25, -0.2) is 19.7 Å². The number of amides is 1. The zero-order valence-electron chi connectivity index (χ0n) is 18.7. The number of primary amides is 1. The minimum Gasteiger partial charge on any atom is -0.445 e. The van der Waals surface area contributed by atoms with Gasteiger partial charge in [-0.1, -0.05) is 38.8 Å². The number of nitrogens with two attached hydrogens (primary N) is 1. The van der Waals surface area contributed by atoms with Crippen LogP contribution in [-0.2, 0) is 11.2 Å². The van der Waals surface area contributed by atoms with Crippen LogP contribution in [0.1, 0.15) is 32.0 Å². The minimum atomic E-state index is -0.788. The van der Waals surface area contributed by atoms with Gasteiger partial charge in [0, 0.05) is 23.9 Å². The highest BCUT2D eigenvalue weighted by Crippen LogP contribution is 2.27. The summed E-state index contributed by atoms with van der Waals surface area (Å²) in [4.78, 5) is 28.4. The van der Waals surface area contributed by atoms with E-state index in [1.165, 1.54) is 6.33 Å². The third-order valence-corrected chi connectivity index (χ3v) is 4.71. The van der Waals surface area contributed by atoms with Crippen molar-refractivity contribution in [3.8, 4) is 23.2 Å². The van der Waals surface area contributed by atoms with Gasteiger partial charge in [-0.2, -0.15) is 4.98 Å². The number of nitrogens with zero attached hydrogens (tertiary/aromatic N) is 4. The molecule has 9 heteroatoms. The molecular formula is C24H26N6O3. The third-order valence-electron chi connectivity index (χ3n) is 4.71. The number of aliphatic hydroxyl groups excluding tert-OH is 1. The van der Waals surface area contributed by atoms with E-state index >= 15 is 0 Å². The lowest BCUT2D eigenvalue weighted by atomic mass is 9.85.